The molecule has 0 radical (unpaired) electrons. The van der Waals surface area contributed by atoms with E-state index in [4.69, 9.17) is 4.74 Å². The van der Waals surface area contributed by atoms with E-state index >= 15 is 0 Å². The lowest BCUT2D eigenvalue weighted by Crippen LogP contribution is -2.24. The number of nitrogens with zero attached hydrogens (tertiary/aromatic N) is 2. The third-order valence-electron chi connectivity index (χ3n) is 8.24. The molecule has 0 saturated carbocycles. The van der Waals surface area contributed by atoms with Crippen molar-refractivity contribution in [3.05, 3.63) is 132 Å². The van der Waals surface area contributed by atoms with Gasteiger partial charge in [-0.1, -0.05) is 97.9 Å². The second-order valence-corrected chi connectivity index (χ2v) is 12.3. The van der Waals surface area contributed by atoms with Gasteiger partial charge in [0, 0.05) is 36.1 Å². The number of pyridine rings is 1. The summed E-state index contributed by atoms with van der Waals surface area (Å²) < 4.78 is 5.24. The van der Waals surface area contributed by atoms with Gasteiger partial charge in [0.15, 0.2) is 5.88 Å². The monoisotopic (exact) mass is 654 g/mol. The van der Waals surface area contributed by atoms with E-state index in [9.17, 15) is 0 Å². The molecule has 0 aliphatic carbocycles. The molecule has 6 heteroatoms. The highest BCUT2D eigenvalue weighted by atomic mass is 16.5. The minimum Gasteiger partial charge on any atom is -0.483 e. The Morgan fingerprint density at radius 1 is 0.958 bits per heavy atom. The first-order valence-electron chi connectivity index (χ1n) is 17.3. The van der Waals surface area contributed by atoms with Crippen LogP contribution in [0.5, 0.6) is 0 Å². The van der Waals surface area contributed by atoms with Crippen LogP contribution in [0.4, 0.5) is 5.69 Å². The quantitative estimate of drug-likeness (QED) is 0.0812. The number of fused-ring (bicyclic) bond motifs is 1. The summed E-state index contributed by atoms with van der Waals surface area (Å²) in [5.41, 5.74) is 8.22. The summed E-state index contributed by atoms with van der Waals surface area (Å²) in [6.07, 6.45) is 5.87. The first-order valence-corrected chi connectivity index (χ1v) is 17.3. The van der Waals surface area contributed by atoms with Gasteiger partial charge in [-0.25, -0.2) is 0 Å². The standard InChI is InChI=1S/C38H53N5O.C2H6.C2H4/c1-11-31(25-40-29(6)44-10)37(22-27(4)38(7,8)9)42-28(5)41-36-19-18-32(34-16-14-15-17-35(34)36)23-30-20-21-39-33(24-30)26-43(12-2)13-3;2*1-2/h14-22,24,40-42H,5-6,11-13,23,25-26H2,1-4,7-10H3;1-2H3;1-2H2/b27-22+,37-31+;;. The van der Waals surface area contributed by atoms with E-state index in [1.165, 1.54) is 27.7 Å². The predicted molar refractivity (Wildman–Crippen MR) is 211 cm³/mol. The van der Waals surface area contributed by atoms with Gasteiger partial charge in [-0.05, 0) is 91.2 Å². The number of hydrogen-bond donors (Lipinski definition) is 3. The number of allylic oxidation sites excluding steroid dienone is 2. The van der Waals surface area contributed by atoms with Gasteiger partial charge in [-0.15, -0.1) is 13.2 Å². The lowest BCUT2D eigenvalue weighted by atomic mass is 9.86. The molecule has 0 saturated heterocycles. The van der Waals surface area contributed by atoms with Gasteiger partial charge in [-0.3, -0.25) is 9.88 Å². The summed E-state index contributed by atoms with van der Waals surface area (Å²) in [6, 6.07) is 17.3. The van der Waals surface area contributed by atoms with Crippen molar-refractivity contribution >= 4 is 16.5 Å². The van der Waals surface area contributed by atoms with Crippen LogP contribution in [0, 0.1) is 5.41 Å². The number of methoxy groups -OCH3 is 1. The van der Waals surface area contributed by atoms with Crippen molar-refractivity contribution in [1.29, 1.82) is 0 Å². The Hall–Kier alpha value is -4.29. The summed E-state index contributed by atoms with van der Waals surface area (Å²) in [7, 11) is 1.62. The molecule has 0 atom stereocenters. The highest BCUT2D eigenvalue weighted by Gasteiger charge is 2.15. The lowest BCUT2D eigenvalue weighted by Gasteiger charge is -2.23. The van der Waals surface area contributed by atoms with Gasteiger partial charge in [-0.2, -0.15) is 0 Å². The first kappa shape index (κ1) is 41.7. The van der Waals surface area contributed by atoms with Crippen molar-refractivity contribution in [2.24, 2.45) is 5.41 Å². The SMILES string of the molecule is C=C.C=C(NC(/C=C(\C)C(C)(C)C)=C(\CC)CNC(=C)OC)Nc1ccc(Cc2ccnc(CN(CC)CC)c2)c2ccccc12.CC. The van der Waals surface area contributed by atoms with E-state index in [2.05, 4.69) is 155 Å². The average Bonchev–Trinajstić information content (AvgIpc) is 3.09. The Morgan fingerprint density at radius 2 is 1.60 bits per heavy atom. The highest BCUT2D eigenvalue weighted by Crippen LogP contribution is 2.30. The van der Waals surface area contributed by atoms with E-state index in [-0.39, 0.29) is 5.41 Å². The van der Waals surface area contributed by atoms with Crippen LogP contribution in [-0.4, -0.2) is 36.6 Å². The van der Waals surface area contributed by atoms with Gasteiger partial charge < -0.3 is 20.7 Å². The van der Waals surface area contributed by atoms with E-state index < -0.39 is 0 Å². The zero-order valence-electron chi connectivity index (χ0n) is 31.6. The summed E-state index contributed by atoms with van der Waals surface area (Å²) >= 11 is 0. The van der Waals surface area contributed by atoms with E-state index in [1.807, 2.05) is 20.0 Å². The van der Waals surface area contributed by atoms with Crippen LogP contribution in [0.1, 0.15) is 85.6 Å². The molecule has 0 aliphatic heterocycles. The van der Waals surface area contributed by atoms with Crippen LogP contribution in [0.2, 0.25) is 0 Å². The second kappa shape index (κ2) is 21.6. The van der Waals surface area contributed by atoms with Crippen molar-refractivity contribution in [3.63, 3.8) is 0 Å². The number of aromatic nitrogens is 1. The molecule has 0 aliphatic rings. The molecule has 3 rings (SSSR count). The zero-order valence-corrected chi connectivity index (χ0v) is 31.6. The molecule has 6 nitrogen and oxygen atoms in total. The normalized spacial score (nSPS) is 11.8. The molecule has 3 aromatic rings. The molecule has 1 heterocycles. The maximum Gasteiger partial charge on any atom is 0.179 e. The van der Waals surface area contributed by atoms with Crippen molar-refractivity contribution in [2.45, 2.75) is 81.7 Å². The molecule has 262 valence electrons. The van der Waals surface area contributed by atoms with Gasteiger partial charge in [0.1, 0.15) is 5.82 Å². The smallest absolute Gasteiger partial charge is 0.179 e. The predicted octanol–water partition coefficient (Wildman–Crippen LogP) is 10.3. The second-order valence-electron chi connectivity index (χ2n) is 12.3. The fourth-order valence-electron chi connectivity index (χ4n) is 4.95. The molecule has 0 fully saturated rings. The highest BCUT2D eigenvalue weighted by molar-refractivity contribution is 5.96. The number of ether oxygens (including phenoxy) is 1. The minimum atomic E-state index is 0.0388. The third kappa shape index (κ3) is 13.1. The molecule has 48 heavy (non-hydrogen) atoms. The minimum absolute atomic E-state index is 0.0388. The third-order valence-corrected chi connectivity index (χ3v) is 8.24. The number of anilines is 1. The Bertz CT molecular complexity index is 1510. The molecular weight excluding hydrogens is 590 g/mol. The summed E-state index contributed by atoms with van der Waals surface area (Å²) in [4.78, 5) is 7.02. The fourth-order valence-corrected chi connectivity index (χ4v) is 4.95. The number of benzene rings is 2. The molecule has 0 bridgehead atoms. The van der Waals surface area contributed by atoms with Gasteiger partial charge >= 0.3 is 0 Å². The fraction of sp³-hybridized carbons (Fsp3) is 0.405. The van der Waals surface area contributed by atoms with Crippen LogP contribution in [-0.2, 0) is 17.7 Å². The summed E-state index contributed by atoms with van der Waals surface area (Å²) in [5.74, 6) is 1.25. The Labute approximate surface area is 292 Å². The first-order chi connectivity index (χ1) is 23.0. The topological polar surface area (TPSA) is 61.5 Å². The molecule has 3 N–H and O–H groups in total. The Balaban J connectivity index is 0.00000277. The van der Waals surface area contributed by atoms with Crippen molar-refractivity contribution < 1.29 is 4.74 Å². The summed E-state index contributed by atoms with van der Waals surface area (Å²) in [5, 5.41) is 12.8. The van der Waals surface area contributed by atoms with Crippen molar-refractivity contribution in [2.75, 3.05) is 32.1 Å². The largest absolute Gasteiger partial charge is 0.483 e. The molecular formula is C42H63N5O. The molecule has 1 aromatic heterocycles. The molecule has 0 unspecified atom stereocenters. The van der Waals surface area contributed by atoms with Crippen LogP contribution in [0.25, 0.3) is 10.8 Å². The Morgan fingerprint density at radius 3 is 2.19 bits per heavy atom. The van der Waals surface area contributed by atoms with Crippen LogP contribution >= 0.6 is 0 Å². The van der Waals surface area contributed by atoms with Gasteiger partial charge in [0.25, 0.3) is 0 Å². The maximum absolute atomic E-state index is 5.24. The number of nitrogens with one attached hydrogen (secondary N) is 3. The van der Waals surface area contributed by atoms with Crippen molar-refractivity contribution in [3.8, 4) is 0 Å². The van der Waals surface area contributed by atoms with Crippen LogP contribution in [0.15, 0.2) is 116 Å². The van der Waals surface area contributed by atoms with E-state index in [0.29, 0.717) is 18.2 Å². The van der Waals surface area contributed by atoms with Gasteiger partial charge in [0.05, 0.1) is 12.8 Å². The van der Waals surface area contributed by atoms with Crippen LogP contribution in [0.3, 0.4) is 0 Å². The van der Waals surface area contributed by atoms with E-state index in [0.717, 1.165) is 54.9 Å². The molecule has 0 spiro atoms. The zero-order chi connectivity index (χ0) is 36.3. The average molecular weight is 654 g/mol. The number of hydrogen-bond acceptors (Lipinski definition) is 6. The van der Waals surface area contributed by atoms with Crippen molar-refractivity contribution in [1.82, 2.24) is 20.5 Å². The Kier molecular flexibility index (Phi) is 18.7. The lowest BCUT2D eigenvalue weighted by molar-refractivity contribution is 0.266. The molecule has 0 amide bonds. The number of rotatable bonds is 16. The van der Waals surface area contributed by atoms with Gasteiger partial charge in [0.2, 0.25) is 0 Å². The van der Waals surface area contributed by atoms with Crippen LogP contribution < -0.4 is 16.0 Å². The molecule has 2 aromatic carbocycles. The van der Waals surface area contributed by atoms with E-state index in [1.54, 1.807) is 7.11 Å². The maximum atomic E-state index is 5.24. The summed E-state index contributed by atoms with van der Waals surface area (Å²) in [6.45, 7) is 37.2.